The van der Waals surface area contributed by atoms with Crippen molar-refractivity contribution in [2.45, 2.75) is 33.1 Å². The third kappa shape index (κ3) is 4.63. The molecule has 5 nitrogen and oxygen atoms in total. The number of ether oxygens (including phenoxy) is 1. The molecule has 0 saturated carbocycles. The standard InChI is InChI=1S/C16H21N3O2/c1-3-13-11-15(19-18-13)17-16(20)9-6-10-21-14-8-5-4-7-12(14)2/h4-5,7-8,11H,3,6,9-10H2,1-2H3,(H2,17,18,19,20). The number of aromatic amines is 1. The van der Waals surface area contributed by atoms with E-state index in [9.17, 15) is 4.79 Å². The number of hydrogen-bond donors (Lipinski definition) is 2. The third-order valence-corrected chi connectivity index (χ3v) is 3.18. The average Bonchev–Trinajstić information content (AvgIpc) is 2.93. The van der Waals surface area contributed by atoms with E-state index >= 15 is 0 Å². The molecule has 21 heavy (non-hydrogen) atoms. The van der Waals surface area contributed by atoms with Gasteiger partial charge in [0.15, 0.2) is 5.82 Å². The van der Waals surface area contributed by atoms with E-state index in [4.69, 9.17) is 4.74 Å². The molecule has 1 aromatic carbocycles. The minimum atomic E-state index is -0.0439. The summed E-state index contributed by atoms with van der Waals surface area (Å²) < 4.78 is 5.66. The topological polar surface area (TPSA) is 67.0 Å². The van der Waals surface area contributed by atoms with E-state index in [1.165, 1.54) is 0 Å². The molecule has 1 amide bonds. The maximum Gasteiger partial charge on any atom is 0.225 e. The number of H-pyrrole nitrogens is 1. The molecule has 2 N–H and O–H groups in total. The third-order valence-electron chi connectivity index (χ3n) is 3.18. The number of carbonyl (C=O) groups excluding carboxylic acids is 1. The monoisotopic (exact) mass is 287 g/mol. The lowest BCUT2D eigenvalue weighted by Gasteiger charge is -2.08. The second-order valence-electron chi connectivity index (χ2n) is 4.90. The summed E-state index contributed by atoms with van der Waals surface area (Å²) in [5.74, 6) is 1.41. The molecule has 2 aromatic rings. The fourth-order valence-electron chi connectivity index (χ4n) is 1.95. The van der Waals surface area contributed by atoms with Gasteiger partial charge in [0.1, 0.15) is 5.75 Å². The lowest BCUT2D eigenvalue weighted by atomic mass is 10.2. The Morgan fingerprint density at radius 1 is 1.38 bits per heavy atom. The van der Waals surface area contributed by atoms with Crippen LogP contribution in [0.1, 0.15) is 31.0 Å². The average molecular weight is 287 g/mol. The van der Waals surface area contributed by atoms with Gasteiger partial charge < -0.3 is 10.1 Å². The van der Waals surface area contributed by atoms with Gasteiger partial charge in [0.25, 0.3) is 0 Å². The maximum atomic E-state index is 11.8. The highest BCUT2D eigenvalue weighted by atomic mass is 16.5. The van der Waals surface area contributed by atoms with Crippen molar-refractivity contribution in [3.63, 3.8) is 0 Å². The molecule has 0 aliphatic carbocycles. The molecule has 0 aliphatic rings. The molecule has 0 fully saturated rings. The smallest absolute Gasteiger partial charge is 0.225 e. The lowest BCUT2D eigenvalue weighted by molar-refractivity contribution is -0.116. The highest BCUT2D eigenvalue weighted by molar-refractivity contribution is 5.89. The molecule has 112 valence electrons. The number of aryl methyl sites for hydroxylation is 2. The largest absolute Gasteiger partial charge is 0.493 e. The summed E-state index contributed by atoms with van der Waals surface area (Å²) in [6, 6.07) is 9.71. The van der Waals surface area contributed by atoms with Crippen LogP contribution in [0.5, 0.6) is 5.75 Å². The van der Waals surface area contributed by atoms with Crippen molar-refractivity contribution < 1.29 is 9.53 Å². The van der Waals surface area contributed by atoms with Gasteiger partial charge in [-0.15, -0.1) is 0 Å². The molecule has 0 bridgehead atoms. The summed E-state index contributed by atoms with van der Waals surface area (Å²) in [6.45, 7) is 4.56. The van der Waals surface area contributed by atoms with Gasteiger partial charge in [-0.3, -0.25) is 9.89 Å². The van der Waals surface area contributed by atoms with E-state index in [0.717, 1.165) is 23.4 Å². The Balaban J connectivity index is 1.69. The van der Waals surface area contributed by atoms with Gasteiger partial charge >= 0.3 is 0 Å². The van der Waals surface area contributed by atoms with Crippen molar-refractivity contribution in [1.82, 2.24) is 10.2 Å². The SMILES string of the molecule is CCc1cc(NC(=O)CCCOc2ccccc2C)n[nH]1. The Morgan fingerprint density at radius 2 is 2.19 bits per heavy atom. The number of nitrogens with zero attached hydrogens (tertiary/aromatic N) is 1. The number of aromatic nitrogens is 2. The number of hydrogen-bond acceptors (Lipinski definition) is 3. The zero-order chi connectivity index (χ0) is 15.1. The lowest BCUT2D eigenvalue weighted by Crippen LogP contribution is -2.13. The van der Waals surface area contributed by atoms with Crippen LogP contribution in [0.3, 0.4) is 0 Å². The van der Waals surface area contributed by atoms with Crippen molar-refractivity contribution in [3.05, 3.63) is 41.6 Å². The number of benzene rings is 1. The Morgan fingerprint density at radius 3 is 2.90 bits per heavy atom. The Kier molecular flexibility index (Phi) is 5.37. The van der Waals surface area contributed by atoms with E-state index in [-0.39, 0.29) is 5.91 Å². The van der Waals surface area contributed by atoms with Crippen LogP contribution in [-0.2, 0) is 11.2 Å². The predicted molar refractivity (Wildman–Crippen MR) is 82.5 cm³/mol. The van der Waals surface area contributed by atoms with Crippen molar-refractivity contribution >= 4 is 11.7 Å². The normalized spacial score (nSPS) is 10.4. The highest BCUT2D eigenvalue weighted by Gasteiger charge is 2.06. The van der Waals surface area contributed by atoms with Crippen LogP contribution >= 0.6 is 0 Å². The van der Waals surface area contributed by atoms with Gasteiger partial charge in [0.2, 0.25) is 5.91 Å². The minimum Gasteiger partial charge on any atom is -0.493 e. The second-order valence-corrected chi connectivity index (χ2v) is 4.90. The molecule has 0 spiro atoms. The maximum absolute atomic E-state index is 11.8. The van der Waals surface area contributed by atoms with Gasteiger partial charge in [-0.1, -0.05) is 25.1 Å². The Bertz CT molecular complexity index is 593. The zero-order valence-corrected chi connectivity index (χ0v) is 12.5. The van der Waals surface area contributed by atoms with Crippen molar-refractivity contribution in [1.29, 1.82) is 0 Å². The van der Waals surface area contributed by atoms with E-state index in [1.54, 1.807) is 0 Å². The zero-order valence-electron chi connectivity index (χ0n) is 12.5. The summed E-state index contributed by atoms with van der Waals surface area (Å²) in [7, 11) is 0. The molecule has 5 heteroatoms. The van der Waals surface area contributed by atoms with Gasteiger partial charge in [0, 0.05) is 18.2 Å². The fourth-order valence-corrected chi connectivity index (χ4v) is 1.95. The fraction of sp³-hybridized carbons (Fsp3) is 0.375. The first-order valence-corrected chi connectivity index (χ1v) is 7.21. The molecule has 0 atom stereocenters. The van der Waals surface area contributed by atoms with Crippen LogP contribution in [0.25, 0.3) is 0 Å². The highest BCUT2D eigenvalue weighted by Crippen LogP contribution is 2.16. The van der Waals surface area contributed by atoms with E-state index in [2.05, 4.69) is 15.5 Å². The number of amides is 1. The quantitative estimate of drug-likeness (QED) is 0.769. The summed E-state index contributed by atoms with van der Waals surface area (Å²) in [6.07, 6.45) is 1.96. The van der Waals surface area contributed by atoms with Crippen LogP contribution in [0.2, 0.25) is 0 Å². The Labute approximate surface area is 124 Å². The first-order chi connectivity index (χ1) is 10.2. The Hall–Kier alpha value is -2.30. The molecular weight excluding hydrogens is 266 g/mol. The molecule has 0 saturated heterocycles. The first-order valence-electron chi connectivity index (χ1n) is 7.21. The number of rotatable bonds is 7. The molecule has 2 rings (SSSR count). The first kappa shape index (κ1) is 15.1. The van der Waals surface area contributed by atoms with Gasteiger partial charge in [-0.05, 0) is 31.4 Å². The van der Waals surface area contributed by atoms with Crippen LogP contribution in [0.15, 0.2) is 30.3 Å². The van der Waals surface area contributed by atoms with Gasteiger partial charge in [-0.2, -0.15) is 5.10 Å². The van der Waals surface area contributed by atoms with E-state index in [0.29, 0.717) is 25.3 Å². The molecule has 0 aliphatic heterocycles. The van der Waals surface area contributed by atoms with Gasteiger partial charge in [-0.25, -0.2) is 0 Å². The van der Waals surface area contributed by atoms with Crippen molar-refractivity contribution in [2.24, 2.45) is 0 Å². The molecule has 1 heterocycles. The number of carbonyl (C=O) groups is 1. The van der Waals surface area contributed by atoms with E-state index in [1.807, 2.05) is 44.2 Å². The second kappa shape index (κ2) is 7.47. The molecular formula is C16H21N3O2. The van der Waals surface area contributed by atoms with Gasteiger partial charge in [0.05, 0.1) is 6.61 Å². The van der Waals surface area contributed by atoms with Crippen molar-refractivity contribution in [2.75, 3.05) is 11.9 Å². The van der Waals surface area contributed by atoms with E-state index < -0.39 is 0 Å². The minimum absolute atomic E-state index is 0.0439. The summed E-state index contributed by atoms with van der Waals surface area (Å²) in [5.41, 5.74) is 2.11. The summed E-state index contributed by atoms with van der Waals surface area (Å²) >= 11 is 0. The molecule has 0 radical (unpaired) electrons. The number of anilines is 1. The summed E-state index contributed by atoms with van der Waals surface area (Å²) in [4.78, 5) is 11.8. The summed E-state index contributed by atoms with van der Waals surface area (Å²) in [5, 5.41) is 9.66. The van der Waals surface area contributed by atoms with Crippen LogP contribution in [-0.4, -0.2) is 22.7 Å². The predicted octanol–water partition coefficient (Wildman–Crippen LogP) is 3.08. The molecule has 0 unspecified atom stereocenters. The number of nitrogens with one attached hydrogen (secondary N) is 2. The van der Waals surface area contributed by atoms with Crippen molar-refractivity contribution in [3.8, 4) is 5.75 Å². The van der Waals surface area contributed by atoms with Crippen LogP contribution in [0.4, 0.5) is 5.82 Å². The van der Waals surface area contributed by atoms with Crippen LogP contribution < -0.4 is 10.1 Å². The number of para-hydroxylation sites is 1. The van der Waals surface area contributed by atoms with Crippen LogP contribution in [0, 0.1) is 6.92 Å². The molecule has 1 aromatic heterocycles.